The number of hydrogen-bond donors (Lipinski definition) is 0. The molecule has 2 rings (SSSR count). The minimum Gasteiger partial charge on any atom is -0.408 e. The first-order chi connectivity index (χ1) is 11.9. The van der Waals surface area contributed by atoms with Crippen molar-refractivity contribution in [2.75, 3.05) is 0 Å². The van der Waals surface area contributed by atoms with Gasteiger partial charge in [-0.1, -0.05) is 95.6 Å². The van der Waals surface area contributed by atoms with Crippen LogP contribution in [0, 0.1) is 11.7 Å². The van der Waals surface area contributed by atoms with Gasteiger partial charge in [0.05, 0.1) is 0 Å². The Morgan fingerprint density at radius 2 is 1.24 bits per heavy atom. The summed E-state index contributed by atoms with van der Waals surface area (Å²) in [4.78, 5) is 0. The molecule has 0 fully saturated rings. The number of rotatable bonds is 5. The maximum absolute atomic E-state index is 5.97. The predicted molar refractivity (Wildman–Crippen MR) is 111 cm³/mol. The third-order valence-electron chi connectivity index (χ3n) is 5.27. The van der Waals surface area contributed by atoms with Gasteiger partial charge in [0.15, 0.2) is 8.07 Å². The van der Waals surface area contributed by atoms with E-state index in [0.29, 0.717) is 16.6 Å². The van der Waals surface area contributed by atoms with Crippen molar-refractivity contribution in [3.05, 3.63) is 54.6 Å². The van der Waals surface area contributed by atoms with Crippen LogP contribution in [0.15, 0.2) is 54.6 Å². The number of hydrogen-bond acceptors (Lipinski definition) is 1. The van der Waals surface area contributed by atoms with Gasteiger partial charge in [-0.3, -0.25) is 0 Å². The van der Waals surface area contributed by atoms with E-state index in [4.69, 9.17) is 4.74 Å². The fourth-order valence-electron chi connectivity index (χ4n) is 4.01. The van der Waals surface area contributed by atoms with Crippen molar-refractivity contribution < 1.29 is 4.74 Å². The topological polar surface area (TPSA) is 9.23 Å². The molecule has 0 unspecified atom stereocenters. The van der Waals surface area contributed by atoms with Crippen molar-refractivity contribution in [2.24, 2.45) is 0 Å². The van der Waals surface area contributed by atoms with E-state index in [1.807, 2.05) is 36.4 Å². The van der Waals surface area contributed by atoms with Gasteiger partial charge >= 0.3 is 0 Å². The minimum absolute atomic E-state index is 0.605. The van der Waals surface area contributed by atoms with E-state index in [-0.39, 0.29) is 0 Å². The van der Waals surface area contributed by atoms with Gasteiger partial charge < -0.3 is 4.74 Å². The van der Waals surface area contributed by atoms with Gasteiger partial charge in [-0.25, -0.2) is 0 Å². The highest BCUT2D eigenvalue weighted by atomic mass is 28.3. The molecular formula is C23H30OSi. The molecule has 0 saturated heterocycles. The summed E-state index contributed by atoms with van der Waals surface area (Å²) in [6, 6.07) is 18.5. The van der Waals surface area contributed by atoms with Crippen LogP contribution in [0.2, 0.25) is 16.6 Å². The van der Waals surface area contributed by atoms with Gasteiger partial charge in [0.2, 0.25) is 0 Å². The summed E-state index contributed by atoms with van der Waals surface area (Å²) in [5.74, 6) is 0.834. The molecule has 1 nitrogen and oxygen atoms in total. The Bertz CT molecular complexity index is 714. The molecule has 0 aliphatic rings. The van der Waals surface area contributed by atoms with E-state index in [9.17, 15) is 0 Å². The average Bonchev–Trinajstić information content (AvgIpc) is 2.59. The summed E-state index contributed by atoms with van der Waals surface area (Å²) >= 11 is 0. The molecule has 0 amide bonds. The average molecular weight is 351 g/mol. The molecule has 0 saturated carbocycles. The van der Waals surface area contributed by atoms with Crippen molar-refractivity contribution in [2.45, 2.75) is 58.2 Å². The van der Waals surface area contributed by atoms with Crippen molar-refractivity contribution in [3.8, 4) is 28.5 Å². The monoisotopic (exact) mass is 350 g/mol. The first-order valence-corrected chi connectivity index (χ1v) is 11.5. The summed E-state index contributed by atoms with van der Waals surface area (Å²) in [7, 11) is -1.76. The third-order valence-corrected chi connectivity index (χ3v) is 11.5. The molecular weight excluding hydrogens is 320 g/mol. The van der Waals surface area contributed by atoms with Gasteiger partial charge in [-0.05, 0) is 28.3 Å². The van der Waals surface area contributed by atoms with Crippen LogP contribution < -0.4 is 4.74 Å². The Hall–Kier alpha value is -1.98. The molecule has 25 heavy (non-hydrogen) atoms. The molecule has 0 atom stereocenters. The number of para-hydroxylation sites is 1. The predicted octanol–water partition coefficient (Wildman–Crippen LogP) is 6.91. The molecule has 2 aromatic rings. The van der Waals surface area contributed by atoms with E-state index in [2.05, 4.69) is 71.4 Å². The molecule has 0 heterocycles. The quantitative estimate of drug-likeness (QED) is 0.420. The van der Waals surface area contributed by atoms with Gasteiger partial charge in [-0.15, -0.1) is 0 Å². The molecule has 0 radical (unpaired) electrons. The number of benzene rings is 2. The molecule has 132 valence electrons. The van der Waals surface area contributed by atoms with Crippen molar-refractivity contribution in [1.82, 2.24) is 0 Å². The zero-order chi connectivity index (χ0) is 18.4. The van der Waals surface area contributed by atoms with Crippen LogP contribution in [0.5, 0.6) is 5.75 Å². The maximum Gasteiger partial charge on any atom is 0.150 e. The molecule has 2 aromatic carbocycles. The molecule has 0 bridgehead atoms. The van der Waals surface area contributed by atoms with E-state index in [1.54, 1.807) is 0 Å². The van der Waals surface area contributed by atoms with Crippen molar-refractivity contribution >= 4 is 8.07 Å². The lowest BCUT2D eigenvalue weighted by molar-refractivity contribution is 0.522. The second-order valence-electron chi connectivity index (χ2n) is 7.59. The molecule has 0 N–H and O–H groups in total. The largest absolute Gasteiger partial charge is 0.408 e. The van der Waals surface area contributed by atoms with Crippen LogP contribution in [-0.4, -0.2) is 8.07 Å². The summed E-state index contributed by atoms with van der Waals surface area (Å²) in [5, 5.41) is 0. The summed E-state index contributed by atoms with van der Waals surface area (Å²) in [6.45, 7) is 13.9. The normalized spacial score (nSPS) is 11.6. The highest BCUT2D eigenvalue weighted by molar-refractivity contribution is 6.90. The van der Waals surface area contributed by atoms with Gasteiger partial charge in [0, 0.05) is 5.56 Å². The van der Waals surface area contributed by atoms with E-state index < -0.39 is 8.07 Å². The van der Waals surface area contributed by atoms with Crippen LogP contribution in [-0.2, 0) is 0 Å². The zero-order valence-electron chi connectivity index (χ0n) is 16.3. The van der Waals surface area contributed by atoms with E-state index in [0.717, 1.165) is 16.9 Å². The Labute approximate surface area is 154 Å². The lowest BCUT2D eigenvalue weighted by atomic mass is 10.1. The zero-order valence-corrected chi connectivity index (χ0v) is 17.3. The Kier molecular flexibility index (Phi) is 6.50. The summed E-state index contributed by atoms with van der Waals surface area (Å²) in [5.41, 5.74) is 7.68. The Morgan fingerprint density at radius 3 is 1.80 bits per heavy atom. The molecule has 0 aliphatic carbocycles. The van der Waals surface area contributed by atoms with Gasteiger partial charge in [-0.2, -0.15) is 0 Å². The summed E-state index contributed by atoms with van der Waals surface area (Å²) in [6.07, 6.45) is 3.11. The Morgan fingerprint density at radius 1 is 0.720 bits per heavy atom. The molecule has 0 aliphatic heterocycles. The van der Waals surface area contributed by atoms with Crippen molar-refractivity contribution in [1.29, 1.82) is 0 Å². The second kappa shape index (κ2) is 8.40. The lowest BCUT2D eigenvalue weighted by Gasteiger charge is -2.37. The fourth-order valence-corrected chi connectivity index (χ4v) is 9.11. The highest BCUT2D eigenvalue weighted by Gasteiger charge is 2.42. The van der Waals surface area contributed by atoms with Crippen LogP contribution in [0.25, 0.3) is 11.1 Å². The Balaban J connectivity index is 2.35. The van der Waals surface area contributed by atoms with Crippen LogP contribution in [0.3, 0.4) is 0 Å². The minimum atomic E-state index is -1.76. The standard InChI is InChI=1S/C23H30OSi/c1-18(2)25(19(3)4,20(5)6)17-16-24-23-15-11-10-14-22(23)21-12-8-7-9-13-21/h7-15,18-20H,1-6H3. The smallest absolute Gasteiger partial charge is 0.150 e. The van der Waals surface area contributed by atoms with Crippen molar-refractivity contribution in [3.63, 3.8) is 0 Å². The first-order valence-electron chi connectivity index (χ1n) is 9.23. The van der Waals surface area contributed by atoms with E-state index >= 15 is 0 Å². The maximum atomic E-state index is 5.97. The molecule has 2 heteroatoms. The third kappa shape index (κ3) is 4.17. The fraction of sp³-hybridized carbons (Fsp3) is 0.391. The van der Waals surface area contributed by atoms with Crippen LogP contribution in [0.1, 0.15) is 41.5 Å². The van der Waals surface area contributed by atoms with Gasteiger partial charge in [0.25, 0.3) is 0 Å². The number of ether oxygens (including phenoxy) is 1. The second-order valence-corrected chi connectivity index (χ2v) is 13.2. The van der Waals surface area contributed by atoms with Crippen LogP contribution in [0.4, 0.5) is 0 Å². The first kappa shape index (κ1) is 19.3. The van der Waals surface area contributed by atoms with Gasteiger partial charge in [0.1, 0.15) is 11.9 Å². The van der Waals surface area contributed by atoms with E-state index in [1.165, 1.54) is 0 Å². The SMILES string of the molecule is CC(C)[Si](C#COc1ccccc1-c1ccccc1)(C(C)C)C(C)C. The van der Waals surface area contributed by atoms with Crippen LogP contribution >= 0.6 is 0 Å². The highest BCUT2D eigenvalue weighted by Crippen LogP contribution is 2.40. The summed E-state index contributed by atoms with van der Waals surface area (Å²) < 4.78 is 5.97. The molecule has 0 spiro atoms. The molecule has 0 aromatic heterocycles. The lowest BCUT2D eigenvalue weighted by Crippen LogP contribution is -2.43.